The van der Waals surface area contributed by atoms with Gasteiger partial charge in [-0.05, 0) is 42.3 Å². The summed E-state index contributed by atoms with van der Waals surface area (Å²) in [5.41, 5.74) is 1.96. The van der Waals surface area contributed by atoms with Crippen LogP contribution in [0.15, 0.2) is 60.7 Å². The van der Waals surface area contributed by atoms with Gasteiger partial charge in [-0.1, -0.05) is 36.4 Å². The summed E-state index contributed by atoms with van der Waals surface area (Å²) in [6, 6.07) is 19.1. The zero-order valence-electron chi connectivity index (χ0n) is 16.7. The van der Waals surface area contributed by atoms with Crippen molar-refractivity contribution < 1.29 is 14.3 Å². The Balaban J connectivity index is 1.57. The van der Waals surface area contributed by atoms with Crippen molar-refractivity contribution in [2.45, 2.75) is 19.4 Å². The van der Waals surface area contributed by atoms with Crippen LogP contribution < -0.4 is 20.1 Å². The maximum Gasteiger partial charge on any atom is 0.229 e. The average Bonchev–Trinajstić information content (AvgIpc) is 2.75. The first-order chi connectivity index (χ1) is 14.1. The third-order valence-electron chi connectivity index (χ3n) is 4.41. The first-order valence-electron chi connectivity index (χ1n) is 9.25. The van der Waals surface area contributed by atoms with E-state index in [9.17, 15) is 4.79 Å². The van der Waals surface area contributed by atoms with Gasteiger partial charge in [0.25, 0.3) is 0 Å². The Morgan fingerprint density at radius 2 is 1.62 bits per heavy atom. The van der Waals surface area contributed by atoms with Crippen LogP contribution in [-0.2, 0) is 11.2 Å². The van der Waals surface area contributed by atoms with E-state index in [1.807, 2.05) is 36.4 Å². The number of hydrogen-bond donors (Lipinski definition) is 2. The Kier molecular flexibility index (Phi) is 6.63. The summed E-state index contributed by atoms with van der Waals surface area (Å²) >= 11 is 0. The summed E-state index contributed by atoms with van der Waals surface area (Å²) in [5, 5.41) is 14.3. The van der Waals surface area contributed by atoms with E-state index < -0.39 is 0 Å². The quantitative estimate of drug-likeness (QED) is 0.606. The van der Waals surface area contributed by atoms with Gasteiger partial charge in [0.2, 0.25) is 5.91 Å². The fourth-order valence-corrected chi connectivity index (χ4v) is 2.89. The minimum absolute atomic E-state index is 0.0935. The molecule has 0 aliphatic carbocycles. The lowest BCUT2D eigenvalue weighted by Crippen LogP contribution is -2.16. The molecule has 0 saturated heterocycles. The molecule has 0 fully saturated rings. The summed E-state index contributed by atoms with van der Waals surface area (Å²) in [4.78, 5) is 12.3. The standard InChI is InChI=1S/C22H24N4O3/c1-15(17-7-5-4-6-8-17)23-20-11-12-21(26-25-20)24-22(27)14-16-9-10-18(28-2)19(13-16)29-3/h4-13,15H,14H2,1-3H3,(H,23,25)(H,24,26,27). The monoisotopic (exact) mass is 392 g/mol. The third kappa shape index (κ3) is 5.44. The molecule has 3 rings (SSSR count). The molecule has 0 radical (unpaired) electrons. The molecule has 150 valence electrons. The van der Waals surface area contributed by atoms with E-state index in [2.05, 4.69) is 27.8 Å². The van der Waals surface area contributed by atoms with Crippen molar-refractivity contribution in [3.63, 3.8) is 0 Å². The molecule has 0 aliphatic rings. The molecule has 1 aromatic heterocycles. The van der Waals surface area contributed by atoms with Crippen LogP contribution in [-0.4, -0.2) is 30.3 Å². The molecule has 0 spiro atoms. The van der Waals surface area contributed by atoms with Crippen molar-refractivity contribution in [1.29, 1.82) is 0 Å². The van der Waals surface area contributed by atoms with Gasteiger partial charge in [0.05, 0.1) is 20.6 Å². The van der Waals surface area contributed by atoms with Crippen LogP contribution in [0.1, 0.15) is 24.1 Å². The van der Waals surface area contributed by atoms with Gasteiger partial charge < -0.3 is 20.1 Å². The van der Waals surface area contributed by atoms with Gasteiger partial charge in [0.1, 0.15) is 5.82 Å². The Hall–Kier alpha value is -3.61. The van der Waals surface area contributed by atoms with Crippen molar-refractivity contribution >= 4 is 17.5 Å². The molecule has 0 saturated carbocycles. The molecule has 1 heterocycles. The summed E-state index contributed by atoms with van der Waals surface area (Å²) < 4.78 is 10.5. The lowest BCUT2D eigenvalue weighted by atomic mass is 10.1. The van der Waals surface area contributed by atoms with E-state index in [0.29, 0.717) is 23.1 Å². The Bertz CT molecular complexity index is 946. The van der Waals surface area contributed by atoms with Gasteiger partial charge in [-0.25, -0.2) is 0 Å². The van der Waals surface area contributed by atoms with Gasteiger partial charge in [0.15, 0.2) is 17.3 Å². The third-order valence-corrected chi connectivity index (χ3v) is 4.41. The average molecular weight is 392 g/mol. The zero-order chi connectivity index (χ0) is 20.6. The van der Waals surface area contributed by atoms with Crippen LogP contribution in [0.2, 0.25) is 0 Å². The second-order valence-electron chi connectivity index (χ2n) is 6.49. The number of aromatic nitrogens is 2. The first-order valence-corrected chi connectivity index (χ1v) is 9.25. The van der Waals surface area contributed by atoms with Gasteiger partial charge in [-0.2, -0.15) is 0 Å². The fraction of sp³-hybridized carbons (Fsp3) is 0.227. The molecule has 2 aromatic carbocycles. The highest BCUT2D eigenvalue weighted by Gasteiger charge is 2.10. The van der Waals surface area contributed by atoms with Crippen molar-refractivity contribution in [3.05, 3.63) is 71.8 Å². The van der Waals surface area contributed by atoms with Crippen LogP contribution in [0.25, 0.3) is 0 Å². The van der Waals surface area contributed by atoms with E-state index in [4.69, 9.17) is 9.47 Å². The first kappa shape index (κ1) is 20.1. The summed E-state index contributed by atoms with van der Waals surface area (Å²) in [7, 11) is 3.13. The van der Waals surface area contributed by atoms with E-state index in [-0.39, 0.29) is 18.4 Å². The number of amides is 1. The van der Waals surface area contributed by atoms with Crippen molar-refractivity contribution in [2.24, 2.45) is 0 Å². The number of carbonyl (C=O) groups is 1. The van der Waals surface area contributed by atoms with Gasteiger partial charge >= 0.3 is 0 Å². The smallest absolute Gasteiger partial charge is 0.229 e. The summed E-state index contributed by atoms with van der Waals surface area (Å²) in [6.07, 6.45) is 0.188. The van der Waals surface area contributed by atoms with Crippen LogP contribution in [0.5, 0.6) is 11.5 Å². The number of nitrogens with zero attached hydrogens (tertiary/aromatic N) is 2. The predicted molar refractivity (Wildman–Crippen MR) is 112 cm³/mol. The van der Waals surface area contributed by atoms with Crippen LogP contribution in [0.3, 0.4) is 0 Å². The van der Waals surface area contributed by atoms with Gasteiger partial charge in [-0.15, -0.1) is 10.2 Å². The fourth-order valence-electron chi connectivity index (χ4n) is 2.89. The summed E-state index contributed by atoms with van der Waals surface area (Å²) in [6.45, 7) is 2.05. The van der Waals surface area contributed by atoms with Crippen molar-refractivity contribution in [3.8, 4) is 11.5 Å². The minimum atomic E-state index is -0.190. The molecule has 3 aromatic rings. The molecule has 0 bridgehead atoms. The van der Waals surface area contributed by atoms with E-state index in [0.717, 1.165) is 11.1 Å². The Morgan fingerprint density at radius 1 is 0.931 bits per heavy atom. The molecule has 2 N–H and O–H groups in total. The van der Waals surface area contributed by atoms with E-state index in [1.54, 1.807) is 38.5 Å². The predicted octanol–water partition coefficient (Wildman–Crippen LogP) is 3.85. The lowest BCUT2D eigenvalue weighted by Gasteiger charge is -2.14. The highest BCUT2D eigenvalue weighted by molar-refractivity contribution is 5.91. The van der Waals surface area contributed by atoms with Crippen molar-refractivity contribution in [1.82, 2.24) is 10.2 Å². The second-order valence-corrected chi connectivity index (χ2v) is 6.49. The SMILES string of the molecule is COc1ccc(CC(=O)Nc2ccc(NC(C)c3ccccc3)nn2)cc1OC. The molecule has 1 amide bonds. The van der Waals surface area contributed by atoms with Crippen LogP contribution in [0.4, 0.5) is 11.6 Å². The van der Waals surface area contributed by atoms with Crippen LogP contribution >= 0.6 is 0 Å². The summed E-state index contributed by atoms with van der Waals surface area (Å²) in [5.74, 6) is 2.05. The molecule has 29 heavy (non-hydrogen) atoms. The number of rotatable bonds is 8. The Labute approximate surface area is 170 Å². The molecule has 1 atom stereocenters. The molecule has 1 unspecified atom stereocenters. The van der Waals surface area contributed by atoms with E-state index >= 15 is 0 Å². The number of carbonyl (C=O) groups excluding carboxylic acids is 1. The van der Waals surface area contributed by atoms with Gasteiger partial charge in [0, 0.05) is 6.04 Å². The highest BCUT2D eigenvalue weighted by Crippen LogP contribution is 2.27. The molecule has 0 aliphatic heterocycles. The van der Waals surface area contributed by atoms with E-state index in [1.165, 1.54) is 0 Å². The number of anilines is 2. The number of methoxy groups -OCH3 is 2. The Morgan fingerprint density at radius 3 is 2.28 bits per heavy atom. The molecule has 7 nitrogen and oxygen atoms in total. The maximum absolute atomic E-state index is 12.3. The lowest BCUT2D eigenvalue weighted by molar-refractivity contribution is -0.115. The normalized spacial score (nSPS) is 11.4. The largest absolute Gasteiger partial charge is 0.493 e. The number of hydrogen-bond acceptors (Lipinski definition) is 6. The molecular weight excluding hydrogens is 368 g/mol. The van der Waals surface area contributed by atoms with Crippen LogP contribution in [0, 0.1) is 0 Å². The number of benzene rings is 2. The zero-order valence-corrected chi connectivity index (χ0v) is 16.7. The number of ether oxygens (including phenoxy) is 2. The topological polar surface area (TPSA) is 85.4 Å². The van der Waals surface area contributed by atoms with Gasteiger partial charge in [-0.3, -0.25) is 4.79 Å². The minimum Gasteiger partial charge on any atom is -0.493 e. The second kappa shape index (κ2) is 9.54. The van der Waals surface area contributed by atoms with Crippen molar-refractivity contribution in [2.75, 3.05) is 24.9 Å². The molecular formula is C22H24N4O3. The maximum atomic E-state index is 12.3. The number of nitrogens with one attached hydrogen (secondary N) is 2. The molecule has 7 heteroatoms. The highest BCUT2D eigenvalue weighted by atomic mass is 16.5.